The minimum Gasteiger partial charge on any atom is -0.355 e. The number of rotatable bonds is 1. The summed E-state index contributed by atoms with van der Waals surface area (Å²) in [6.45, 7) is 2.25. The van der Waals surface area contributed by atoms with Gasteiger partial charge in [-0.1, -0.05) is 60.7 Å². The lowest BCUT2D eigenvalue weighted by atomic mass is 10.1. The Morgan fingerprint density at radius 1 is 0.611 bits per heavy atom. The van der Waals surface area contributed by atoms with Crippen molar-refractivity contribution in [3.05, 3.63) is 60.7 Å². The van der Waals surface area contributed by atoms with Crippen molar-refractivity contribution >= 4 is 0 Å². The summed E-state index contributed by atoms with van der Waals surface area (Å²) in [5.74, 6) is 0. The second-order valence-electron chi connectivity index (χ2n) is 4.02. The molecule has 0 aromatic heterocycles. The monoisotopic (exact) mass is 242 g/mol. The van der Waals surface area contributed by atoms with Gasteiger partial charge in [0.05, 0.1) is 13.2 Å². The van der Waals surface area contributed by atoms with Gasteiger partial charge in [-0.2, -0.15) is 0 Å². The average molecular weight is 242 g/mol. The molecule has 94 valence electrons. The van der Waals surface area contributed by atoms with Crippen LogP contribution in [0.5, 0.6) is 0 Å². The number of hydrogen-bond acceptors (Lipinski definition) is 2. The number of hydrogen-bond donors (Lipinski definition) is 0. The molecule has 0 radical (unpaired) electrons. The van der Waals surface area contributed by atoms with Crippen molar-refractivity contribution in [3.63, 3.8) is 0 Å². The first kappa shape index (κ1) is 12.8. The highest BCUT2D eigenvalue weighted by Crippen LogP contribution is 2.17. The molecule has 0 spiro atoms. The van der Waals surface area contributed by atoms with Crippen LogP contribution in [0, 0.1) is 0 Å². The van der Waals surface area contributed by atoms with E-state index in [0.29, 0.717) is 6.79 Å². The molecule has 18 heavy (non-hydrogen) atoms. The van der Waals surface area contributed by atoms with Gasteiger partial charge in [0.1, 0.15) is 6.79 Å². The van der Waals surface area contributed by atoms with Gasteiger partial charge in [0.25, 0.3) is 0 Å². The molecule has 1 heterocycles. The molecular formula is C16H18O2. The smallest absolute Gasteiger partial charge is 0.146 e. The molecule has 0 saturated carbocycles. The van der Waals surface area contributed by atoms with E-state index < -0.39 is 0 Å². The zero-order valence-corrected chi connectivity index (χ0v) is 10.4. The first-order valence-electron chi connectivity index (χ1n) is 6.23. The van der Waals surface area contributed by atoms with E-state index in [0.717, 1.165) is 19.6 Å². The van der Waals surface area contributed by atoms with Crippen molar-refractivity contribution in [2.24, 2.45) is 0 Å². The molecule has 0 bridgehead atoms. The molecule has 0 unspecified atom stereocenters. The summed E-state index contributed by atoms with van der Waals surface area (Å²) in [7, 11) is 0. The predicted molar refractivity (Wildman–Crippen MR) is 73.3 cm³/mol. The number of benzene rings is 2. The second kappa shape index (κ2) is 7.64. The van der Waals surface area contributed by atoms with Crippen molar-refractivity contribution in [1.82, 2.24) is 0 Å². The highest BCUT2D eigenvalue weighted by atomic mass is 16.7. The van der Waals surface area contributed by atoms with E-state index in [1.807, 2.05) is 12.1 Å². The normalized spacial score (nSPS) is 14.4. The van der Waals surface area contributed by atoms with Crippen molar-refractivity contribution in [3.8, 4) is 11.1 Å². The van der Waals surface area contributed by atoms with Gasteiger partial charge in [-0.15, -0.1) is 0 Å². The lowest BCUT2D eigenvalue weighted by Crippen LogP contribution is -2.11. The zero-order valence-electron chi connectivity index (χ0n) is 10.4. The molecule has 1 saturated heterocycles. The molecule has 0 N–H and O–H groups in total. The first-order chi connectivity index (χ1) is 8.97. The van der Waals surface area contributed by atoms with Crippen molar-refractivity contribution < 1.29 is 9.47 Å². The molecule has 0 aliphatic carbocycles. The highest BCUT2D eigenvalue weighted by Gasteiger charge is 1.94. The van der Waals surface area contributed by atoms with Gasteiger partial charge in [-0.3, -0.25) is 0 Å². The van der Waals surface area contributed by atoms with Crippen LogP contribution in [0.1, 0.15) is 6.42 Å². The van der Waals surface area contributed by atoms with Crippen LogP contribution in [-0.4, -0.2) is 20.0 Å². The van der Waals surface area contributed by atoms with Crippen LogP contribution in [0.15, 0.2) is 60.7 Å². The van der Waals surface area contributed by atoms with Crippen LogP contribution < -0.4 is 0 Å². The minimum absolute atomic E-state index is 0.500. The summed E-state index contributed by atoms with van der Waals surface area (Å²) in [5.41, 5.74) is 2.55. The number of ether oxygens (including phenoxy) is 2. The van der Waals surface area contributed by atoms with E-state index in [1.54, 1.807) is 0 Å². The van der Waals surface area contributed by atoms with Crippen molar-refractivity contribution in [2.75, 3.05) is 20.0 Å². The summed E-state index contributed by atoms with van der Waals surface area (Å²) >= 11 is 0. The first-order valence-corrected chi connectivity index (χ1v) is 6.23. The summed E-state index contributed by atoms with van der Waals surface area (Å²) < 4.78 is 9.69. The lowest BCUT2D eigenvalue weighted by Gasteiger charge is -2.09. The Hall–Kier alpha value is -1.64. The Kier molecular flexibility index (Phi) is 5.44. The third-order valence-electron chi connectivity index (χ3n) is 2.62. The van der Waals surface area contributed by atoms with E-state index in [4.69, 9.17) is 9.47 Å². The maximum atomic E-state index is 4.85. The fourth-order valence-electron chi connectivity index (χ4n) is 1.70. The summed E-state index contributed by atoms with van der Waals surface area (Å²) in [5, 5.41) is 0. The van der Waals surface area contributed by atoms with E-state index in [2.05, 4.69) is 48.5 Å². The van der Waals surface area contributed by atoms with Crippen LogP contribution in [0.25, 0.3) is 11.1 Å². The van der Waals surface area contributed by atoms with E-state index in [-0.39, 0.29) is 0 Å². The van der Waals surface area contributed by atoms with Gasteiger partial charge in [-0.05, 0) is 17.5 Å². The van der Waals surface area contributed by atoms with Crippen LogP contribution in [0.3, 0.4) is 0 Å². The Labute approximate surface area is 108 Å². The highest BCUT2D eigenvalue weighted by molar-refractivity contribution is 5.62. The van der Waals surface area contributed by atoms with Gasteiger partial charge in [0, 0.05) is 0 Å². The summed E-state index contributed by atoms with van der Waals surface area (Å²) in [4.78, 5) is 0. The molecule has 2 aromatic carbocycles. The third-order valence-corrected chi connectivity index (χ3v) is 2.62. The van der Waals surface area contributed by atoms with Gasteiger partial charge in [0.2, 0.25) is 0 Å². The van der Waals surface area contributed by atoms with Crippen LogP contribution in [-0.2, 0) is 9.47 Å². The van der Waals surface area contributed by atoms with Gasteiger partial charge in [-0.25, -0.2) is 0 Å². The standard InChI is InChI=1S/C12H10.C4H8O2/c1-3-7-11(8-4-1)12-9-5-2-6-10-12;1-2-5-4-6-3-1/h1-10H;1-4H2. The van der Waals surface area contributed by atoms with Gasteiger partial charge >= 0.3 is 0 Å². The summed E-state index contributed by atoms with van der Waals surface area (Å²) in [6, 6.07) is 20.8. The molecule has 2 nitrogen and oxygen atoms in total. The molecule has 0 amide bonds. The van der Waals surface area contributed by atoms with E-state index >= 15 is 0 Å². The van der Waals surface area contributed by atoms with Crippen LogP contribution in [0.4, 0.5) is 0 Å². The maximum Gasteiger partial charge on any atom is 0.146 e. The van der Waals surface area contributed by atoms with Crippen LogP contribution >= 0.6 is 0 Å². The molecule has 2 heteroatoms. The summed E-state index contributed by atoms with van der Waals surface area (Å²) in [6.07, 6.45) is 1.06. The van der Waals surface area contributed by atoms with Crippen LogP contribution in [0.2, 0.25) is 0 Å². The Balaban J connectivity index is 0.000000169. The lowest BCUT2D eigenvalue weighted by molar-refractivity contribution is -0.0963. The molecule has 1 aliphatic heterocycles. The molecular weight excluding hydrogens is 224 g/mol. The molecule has 0 atom stereocenters. The Bertz CT molecular complexity index is 372. The molecule has 1 fully saturated rings. The predicted octanol–water partition coefficient (Wildman–Crippen LogP) is 3.73. The SMILES string of the molecule is C1COCOC1.c1ccc(-c2ccccc2)cc1. The fraction of sp³-hybridized carbons (Fsp3) is 0.250. The largest absolute Gasteiger partial charge is 0.355 e. The molecule has 1 aliphatic rings. The average Bonchev–Trinajstić information content (AvgIpc) is 2.51. The maximum absolute atomic E-state index is 4.85. The van der Waals surface area contributed by atoms with Crippen molar-refractivity contribution in [2.45, 2.75) is 6.42 Å². The fourth-order valence-corrected chi connectivity index (χ4v) is 1.70. The Morgan fingerprint density at radius 3 is 1.33 bits per heavy atom. The van der Waals surface area contributed by atoms with Crippen molar-refractivity contribution in [1.29, 1.82) is 0 Å². The second-order valence-corrected chi connectivity index (χ2v) is 4.02. The van der Waals surface area contributed by atoms with E-state index in [9.17, 15) is 0 Å². The topological polar surface area (TPSA) is 18.5 Å². The third kappa shape index (κ3) is 4.32. The van der Waals surface area contributed by atoms with E-state index in [1.165, 1.54) is 11.1 Å². The molecule has 2 aromatic rings. The zero-order chi connectivity index (χ0) is 12.5. The minimum atomic E-state index is 0.500. The molecule has 3 rings (SSSR count). The van der Waals surface area contributed by atoms with Gasteiger partial charge < -0.3 is 9.47 Å². The quantitative estimate of drug-likeness (QED) is 0.758. The van der Waals surface area contributed by atoms with Gasteiger partial charge in [0.15, 0.2) is 0 Å². The Morgan fingerprint density at radius 2 is 1.06 bits per heavy atom.